The molecule has 4 bridgehead atoms. The number of halogens is 6. The number of amides is 1. The van der Waals surface area contributed by atoms with E-state index in [2.05, 4.69) is 0 Å². The van der Waals surface area contributed by atoms with Gasteiger partial charge in [-0.3, -0.25) is 4.79 Å². The summed E-state index contributed by atoms with van der Waals surface area (Å²) in [4.78, 5) is 23.7. The summed E-state index contributed by atoms with van der Waals surface area (Å²) in [5, 5.41) is 2.00. The summed E-state index contributed by atoms with van der Waals surface area (Å²) in [6.45, 7) is 0. The first-order chi connectivity index (χ1) is 14.4. The van der Waals surface area contributed by atoms with Gasteiger partial charge in [-0.1, -0.05) is 30.3 Å². The minimum Gasteiger partial charge on any atom is -0.452 e. The Hall–Kier alpha value is -2.26. The van der Waals surface area contributed by atoms with Gasteiger partial charge in [-0.15, -0.1) is 0 Å². The predicted octanol–water partition coefficient (Wildman–Crippen LogP) is 4.71. The van der Waals surface area contributed by atoms with E-state index in [1.54, 1.807) is 18.2 Å². The van der Waals surface area contributed by atoms with E-state index in [0.29, 0.717) is 18.4 Å². The number of benzene rings is 1. The Bertz CT molecular complexity index is 839. The lowest BCUT2D eigenvalue weighted by Gasteiger charge is -2.61. The maximum atomic E-state index is 13.1. The van der Waals surface area contributed by atoms with E-state index in [0.717, 1.165) is 6.42 Å². The highest BCUT2D eigenvalue weighted by molar-refractivity contribution is 5.82. The third kappa shape index (κ3) is 4.13. The zero-order chi connectivity index (χ0) is 22.6. The smallest absolute Gasteiger partial charge is 0.452 e. The number of carbonyl (C=O) groups excluding carboxylic acids is 2. The largest absolute Gasteiger partial charge is 0.490 e. The first-order valence-corrected chi connectivity index (χ1v) is 10.1. The van der Waals surface area contributed by atoms with Crippen molar-refractivity contribution in [3.05, 3.63) is 35.9 Å². The van der Waals surface area contributed by atoms with Crippen LogP contribution >= 0.6 is 0 Å². The van der Waals surface area contributed by atoms with Crippen LogP contribution in [-0.4, -0.2) is 29.8 Å². The van der Waals surface area contributed by atoms with E-state index in [1.807, 2.05) is 5.32 Å². The molecule has 0 aromatic heterocycles. The van der Waals surface area contributed by atoms with Crippen molar-refractivity contribution in [1.29, 1.82) is 0 Å². The monoisotopic (exact) mass is 449 g/mol. The zero-order valence-electron chi connectivity index (χ0n) is 16.3. The van der Waals surface area contributed by atoms with Gasteiger partial charge in [0.15, 0.2) is 0 Å². The van der Waals surface area contributed by atoms with Crippen LogP contribution in [0.2, 0.25) is 0 Å². The van der Waals surface area contributed by atoms with E-state index < -0.39 is 41.8 Å². The Morgan fingerprint density at radius 2 is 1.52 bits per heavy atom. The number of hydrogen-bond donors (Lipinski definition) is 1. The quantitative estimate of drug-likeness (QED) is 0.535. The van der Waals surface area contributed by atoms with Gasteiger partial charge in [0.2, 0.25) is 0 Å². The SMILES string of the molecule is O=C(N[C@@H](c1ccccc1)[C@H]1[C@@H]2C[C@H]3C[C@@H](C2)C[C@]1(OC(=O)C(F)(F)F)C3)C(F)(F)F. The molecule has 4 saturated carbocycles. The third-order valence-electron chi connectivity index (χ3n) is 6.91. The van der Waals surface area contributed by atoms with Crippen molar-refractivity contribution in [3.8, 4) is 0 Å². The molecule has 0 spiro atoms. The molecule has 0 saturated heterocycles. The van der Waals surface area contributed by atoms with Crippen molar-refractivity contribution in [1.82, 2.24) is 5.32 Å². The Morgan fingerprint density at radius 1 is 0.935 bits per heavy atom. The number of alkyl halides is 6. The van der Waals surface area contributed by atoms with Gasteiger partial charge >= 0.3 is 24.2 Å². The summed E-state index contributed by atoms with van der Waals surface area (Å²) in [5.74, 6) is -5.57. The van der Waals surface area contributed by atoms with Crippen LogP contribution in [0, 0.1) is 23.7 Å². The molecule has 0 radical (unpaired) electrons. The van der Waals surface area contributed by atoms with Crippen molar-refractivity contribution in [2.24, 2.45) is 23.7 Å². The molecule has 1 aromatic rings. The minimum absolute atomic E-state index is 0.0459. The standard InChI is InChI=1S/C21H21F6NO3/c22-20(23,24)17(29)28-16(13-4-2-1-3-5-13)15-14-7-11-6-12(8-14)10-19(15,9-11)31-18(30)21(25,26)27/h1-5,11-12,14-16H,6-10H2,(H,28,29)/t11-,12+,14-,15-,16+,19-/m1/s1. The van der Waals surface area contributed by atoms with E-state index in [1.165, 1.54) is 12.1 Å². The van der Waals surface area contributed by atoms with Crippen LogP contribution in [-0.2, 0) is 14.3 Å². The van der Waals surface area contributed by atoms with E-state index in [-0.39, 0.29) is 30.6 Å². The molecule has 5 rings (SSSR count). The van der Waals surface area contributed by atoms with Gasteiger partial charge in [-0.25, -0.2) is 4.79 Å². The highest BCUT2D eigenvalue weighted by Crippen LogP contribution is 2.63. The van der Waals surface area contributed by atoms with E-state index >= 15 is 0 Å². The average Bonchev–Trinajstić information content (AvgIpc) is 2.65. The molecule has 0 heterocycles. The summed E-state index contributed by atoms with van der Waals surface area (Å²) < 4.78 is 83.5. The number of hydrogen-bond acceptors (Lipinski definition) is 3. The molecule has 170 valence electrons. The van der Waals surface area contributed by atoms with Crippen molar-refractivity contribution in [2.75, 3.05) is 0 Å². The first kappa shape index (κ1) is 22.0. The summed E-state index contributed by atoms with van der Waals surface area (Å²) in [5.41, 5.74) is -1.24. The Labute approximate surface area is 174 Å². The van der Waals surface area contributed by atoms with E-state index in [9.17, 15) is 35.9 Å². The lowest BCUT2D eigenvalue weighted by Crippen LogP contribution is -2.63. The molecule has 4 fully saturated rings. The molecular weight excluding hydrogens is 428 g/mol. The molecule has 6 atom stereocenters. The van der Waals surface area contributed by atoms with Crippen LogP contribution in [0.1, 0.15) is 43.7 Å². The van der Waals surface area contributed by atoms with Gasteiger partial charge in [0.05, 0.1) is 6.04 Å². The zero-order valence-corrected chi connectivity index (χ0v) is 16.3. The Balaban J connectivity index is 1.76. The topological polar surface area (TPSA) is 55.4 Å². The molecule has 10 heteroatoms. The van der Waals surface area contributed by atoms with Gasteiger partial charge in [-0.05, 0) is 55.4 Å². The van der Waals surface area contributed by atoms with E-state index in [4.69, 9.17) is 4.74 Å². The summed E-state index contributed by atoms with van der Waals surface area (Å²) >= 11 is 0. The fraction of sp³-hybridized carbons (Fsp3) is 0.619. The normalized spacial score (nSPS) is 33.1. The molecule has 1 aromatic carbocycles. The highest BCUT2D eigenvalue weighted by Gasteiger charge is 2.63. The fourth-order valence-electron chi connectivity index (χ4n) is 6.24. The molecule has 1 N–H and O–H groups in total. The van der Waals surface area contributed by atoms with Crippen molar-refractivity contribution < 1.29 is 40.7 Å². The first-order valence-electron chi connectivity index (χ1n) is 10.1. The van der Waals surface area contributed by atoms with Crippen LogP contribution in [0.25, 0.3) is 0 Å². The lowest BCUT2D eigenvalue weighted by atomic mass is 9.48. The second-order valence-corrected chi connectivity index (χ2v) is 8.94. The number of nitrogens with one attached hydrogen (secondary N) is 1. The molecule has 4 aliphatic carbocycles. The number of esters is 1. The minimum atomic E-state index is -5.22. The predicted molar refractivity (Wildman–Crippen MR) is 95.3 cm³/mol. The maximum absolute atomic E-state index is 13.1. The van der Waals surface area contributed by atoms with Crippen molar-refractivity contribution >= 4 is 11.9 Å². The molecule has 4 aliphatic rings. The number of carbonyl (C=O) groups is 2. The summed E-state index contributed by atoms with van der Waals surface area (Å²) in [7, 11) is 0. The lowest BCUT2D eigenvalue weighted by molar-refractivity contribution is -0.247. The third-order valence-corrected chi connectivity index (χ3v) is 6.91. The highest BCUT2D eigenvalue weighted by atomic mass is 19.4. The second-order valence-electron chi connectivity index (χ2n) is 8.94. The number of ether oxygens (including phenoxy) is 1. The Morgan fingerprint density at radius 3 is 2.03 bits per heavy atom. The Kier molecular flexibility index (Phi) is 5.25. The fourth-order valence-corrected chi connectivity index (χ4v) is 6.24. The van der Waals surface area contributed by atoms with Gasteiger partial charge in [0, 0.05) is 5.92 Å². The van der Waals surface area contributed by atoms with Crippen LogP contribution in [0.3, 0.4) is 0 Å². The van der Waals surface area contributed by atoms with Crippen molar-refractivity contribution in [3.63, 3.8) is 0 Å². The average molecular weight is 449 g/mol. The van der Waals surface area contributed by atoms with Gasteiger partial charge in [-0.2, -0.15) is 26.3 Å². The molecule has 1 amide bonds. The summed E-state index contributed by atoms with van der Waals surface area (Å²) in [6.07, 6.45) is -8.02. The molecular formula is C21H21F6NO3. The molecule has 31 heavy (non-hydrogen) atoms. The van der Waals surface area contributed by atoms with Gasteiger partial charge in [0.25, 0.3) is 0 Å². The molecule has 4 nitrogen and oxygen atoms in total. The van der Waals surface area contributed by atoms with Crippen LogP contribution in [0.15, 0.2) is 30.3 Å². The second kappa shape index (κ2) is 7.41. The maximum Gasteiger partial charge on any atom is 0.490 e. The molecule has 0 unspecified atom stereocenters. The van der Waals surface area contributed by atoms with Crippen LogP contribution in [0.4, 0.5) is 26.3 Å². The molecule has 0 aliphatic heterocycles. The number of rotatable bonds is 4. The van der Waals surface area contributed by atoms with Crippen molar-refractivity contribution in [2.45, 2.75) is 56.1 Å². The van der Waals surface area contributed by atoms with Crippen LogP contribution in [0.5, 0.6) is 0 Å². The van der Waals surface area contributed by atoms with Gasteiger partial charge in [0.1, 0.15) is 5.60 Å². The van der Waals surface area contributed by atoms with Crippen LogP contribution < -0.4 is 5.32 Å². The summed E-state index contributed by atoms with van der Waals surface area (Å²) in [6, 6.07) is 6.60. The van der Waals surface area contributed by atoms with Gasteiger partial charge < -0.3 is 10.1 Å².